The molecule has 1 aromatic carbocycles. The van der Waals surface area contributed by atoms with Gasteiger partial charge < -0.3 is 15.7 Å². The van der Waals surface area contributed by atoms with Gasteiger partial charge in [0.1, 0.15) is 11.5 Å². The first-order valence-electron chi connectivity index (χ1n) is 6.39. The lowest BCUT2D eigenvalue weighted by Crippen LogP contribution is -2.11. The zero-order chi connectivity index (χ0) is 14.8. The van der Waals surface area contributed by atoms with Crippen LogP contribution in [0.25, 0.3) is 11.3 Å². The van der Waals surface area contributed by atoms with E-state index in [1.807, 2.05) is 36.5 Å². The Bertz CT molecular complexity index is 777. The third-order valence-electron chi connectivity index (χ3n) is 3.19. The van der Waals surface area contributed by atoms with Crippen LogP contribution < -0.4 is 5.73 Å². The van der Waals surface area contributed by atoms with E-state index < -0.39 is 5.91 Å². The number of primary amides is 1. The predicted molar refractivity (Wildman–Crippen MR) is 81.2 cm³/mol. The number of amides is 1. The van der Waals surface area contributed by atoms with Crippen molar-refractivity contribution in [3.05, 3.63) is 64.8 Å². The Morgan fingerprint density at radius 3 is 2.81 bits per heavy atom. The van der Waals surface area contributed by atoms with E-state index in [1.165, 1.54) is 6.20 Å². The summed E-state index contributed by atoms with van der Waals surface area (Å²) in [5.74, 6) is 0.154. The molecule has 4 N–H and O–H groups in total. The van der Waals surface area contributed by atoms with Crippen molar-refractivity contribution in [3.63, 3.8) is 0 Å². The van der Waals surface area contributed by atoms with Gasteiger partial charge in [-0.15, -0.1) is 0 Å². The zero-order valence-electron chi connectivity index (χ0n) is 11.1. The van der Waals surface area contributed by atoms with E-state index in [4.69, 9.17) is 17.3 Å². The number of nitrogens with two attached hydrogens (primary N) is 1. The molecule has 0 aliphatic carbocycles. The van der Waals surface area contributed by atoms with Crippen molar-refractivity contribution in [2.75, 3.05) is 0 Å². The highest BCUT2D eigenvalue weighted by molar-refractivity contribution is 6.33. The van der Waals surface area contributed by atoms with Gasteiger partial charge in [0.05, 0.1) is 11.2 Å². The Labute approximate surface area is 126 Å². The van der Waals surface area contributed by atoms with E-state index in [2.05, 4.69) is 15.0 Å². The Kier molecular flexibility index (Phi) is 3.50. The zero-order valence-corrected chi connectivity index (χ0v) is 11.8. The average molecular weight is 301 g/mol. The van der Waals surface area contributed by atoms with Crippen LogP contribution in [0.2, 0.25) is 5.02 Å². The Hall–Kier alpha value is -2.53. The van der Waals surface area contributed by atoms with Crippen LogP contribution in [0.5, 0.6) is 0 Å². The van der Waals surface area contributed by atoms with Crippen LogP contribution in [0.1, 0.15) is 21.9 Å². The first kappa shape index (κ1) is 13.5. The lowest BCUT2D eigenvalue weighted by atomic mass is 10.1. The molecule has 0 bridgehead atoms. The van der Waals surface area contributed by atoms with Crippen LogP contribution in [0.4, 0.5) is 0 Å². The fourth-order valence-corrected chi connectivity index (χ4v) is 2.46. The third kappa shape index (κ3) is 2.83. The highest BCUT2D eigenvalue weighted by Crippen LogP contribution is 2.28. The number of carbonyl (C=O) groups is 1. The second-order valence-electron chi connectivity index (χ2n) is 4.68. The molecule has 0 aliphatic rings. The molecule has 0 fully saturated rings. The van der Waals surface area contributed by atoms with Gasteiger partial charge in [-0.1, -0.05) is 23.7 Å². The van der Waals surface area contributed by atoms with Crippen molar-refractivity contribution in [2.24, 2.45) is 5.73 Å². The number of hydrogen-bond donors (Lipinski definition) is 3. The van der Waals surface area contributed by atoms with Gasteiger partial charge >= 0.3 is 0 Å². The molecule has 0 atom stereocenters. The van der Waals surface area contributed by atoms with Crippen molar-refractivity contribution >= 4 is 17.5 Å². The monoisotopic (exact) mass is 300 g/mol. The summed E-state index contributed by atoms with van der Waals surface area (Å²) in [4.78, 5) is 21.2. The van der Waals surface area contributed by atoms with Gasteiger partial charge in [-0.25, -0.2) is 4.98 Å². The van der Waals surface area contributed by atoms with Crippen LogP contribution in [-0.4, -0.2) is 20.9 Å². The summed E-state index contributed by atoms with van der Waals surface area (Å²) >= 11 is 6.32. The lowest BCUT2D eigenvalue weighted by Gasteiger charge is -2.05. The quantitative estimate of drug-likeness (QED) is 0.692. The van der Waals surface area contributed by atoms with Crippen molar-refractivity contribution < 1.29 is 4.79 Å². The van der Waals surface area contributed by atoms with E-state index in [1.54, 1.807) is 0 Å². The number of nitrogens with one attached hydrogen (secondary N) is 2. The molecule has 0 aliphatic heterocycles. The number of aromatic nitrogens is 3. The topological polar surface area (TPSA) is 87.6 Å². The summed E-state index contributed by atoms with van der Waals surface area (Å²) in [5, 5.41) is 0.664. The standard InChI is InChI=1S/C15H13ClN4O/c16-11-6-9(3-4-10(11)12-2-1-5-18-12)7-14-19-8-13(20-14)15(17)21/h1-6,8,18H,7H2,(H2,17,21)(H,19,20). The summed E-state index contributed by atoms with van der Waals surface area (Å²) < 4.78 is 0. The molecule has 0 saturated heterocycles. The molecular formula is C15H13ClN4O. The number of halogens is 1. The van der Waals surface area contributed by atoms with Crippen LogP contribution >= 0.6 is 11.6 Å². The summed E-state index contributed by atoms with van der Waals surface area (Å²) in [6.07, 6.45) is 3.85. The highest BCUT2D eigenvalue weighted by Gasteiger charge is 2.09. The molecule has 21 heavy (non-hydrogen) atoms. The first-order valence-corrected chi connectivity index (χ1v) is 6.77. The number of H-pyrrole nitrogens is 2. The number of imidazole rings is 1. The van der Waals surface area contributed by atoms with Gasteiger partial charge in [-0.3, -0.25) is 4.79 Å². The van der Waals surface area contributed by atoms with E-state index in [0.717, 1.165) is 16.8 Å². The summed E-state index contributed by atoms with van der Waals surface area (Å²) in [6.45, 7) is 0. The van der Waals surface area contributed by atoms with Gasteiger partial charge in [-0.05, 0) is 23.8 Å². The molecule has 106 valence electrons. The molecule has 3 rings (SSSR count). The predicted octanol–water partition coefficient (Wildman–Crippen LogP) is 2.75. The third-order valence-corrected chi connectivity index (χ3v) is 3.50. The van der Waals surface area contributed by atoms with Crippen molar-refractivity contribution in [3.8, 4) is 11.3 Å². The maximum Gasteiger partial charge on any atom is 0.266 e. The van der Waals surface area contributed by atoms with Crippen LogP contribution in [-0.2, 0) is 6.42 Å². The fraction of sp³-hybridized carbons (Fsp3) is 0.0667. The average Bonchev–Trinajstić information content (AvgIpc) is 3.09. The van der Waals surface area contributed by atoms with Crippen molar-refractivity contribution in [1.82, 2.24) is 15.0 Å². The van der Waals surface area contributed by atoms with Gasteiger partial charge in [-0.2, -0.15) is 0 Å². The molecule has 5 nitrogen and oxygen atoms in total. The first-order chi connectivity index (χ1) is 10.1. The Balaban J connectivity index is 1.83. The molecular weight excluding hydrogens is 288 g/mol. The minimum absolute atomic E-state index is 0.305. The normalized spacial score (nSPS) is 10.7. The van der Waals surface area contributed by atoms with Gasteiger partial charge in [0, 0.05) is 23.9 Å². The minimum Gasteiger partial charge on any atom is -0.364 e. The van der Waals surface area contributed by atoms with Crippen molar-refractivity contribution in [2.45, 2.75) is 6.42 Å². The summed E-state index contributed by atoms with van der Waals surface area (Å²) in [5.41, 5.74) is 8.41. The molecule has 0 radical (unpaired) electrons. The van der Waals surface area contributed by atoms with Crippen molar-refractivity contribution in [1.29, 1.82) is 0 Å². The second kappa shape index (κ2) is 5.46. The molecule has 0 spiro atoms. The molecule has 2 heterocycles. The highest BCUT2D eigenvalue weighted by atomic mass is 35.5. The molecule has 2 aromatic heterocycles. The molecule has 0 saturated carbocycles. The number of benzene rings is 1. The van der Waals surface area contributed by atoms with E-state index in [-0.39, 0.29) is 0 Å². The molecule has 1 amide bonds. The molecule has 3 aromatic rings. The smallest absolute Gasteiger partial charge is 0.266 e. The van der Waals surface area contributed by atoms with Gasteiger partial charge in [0.25, 0.3) is 5.91 Å². The molecule has 6 heteroatoms. The number of carbonyl (C=O) groups excluding carboxylic acids is 1. The van der Waals surface area contributed by atoms with Gasteiger partial charge in [0.2, 0.25) is 0 Å². The van der Waals surface area contributed by atoms with E-state index in [0.29, 0.717) is 23.0 Å². The number of aromatic amines is 2. The largest absolute Gasteiger partial charge is 0.364 e. The summed E-state index contributed by atoms with van der Waals surface area (Å²) in [6, 6.07) is 9.72. The van der Waals surface area contributed by atoms with Crippen LogP contribution in [0.15, 0.2) is 42.7 Å². The SMILES string of the molecule is NC(=O)c1cnc(Cc2ccc(-c3ccc[nH]3)c(Cl)c2)[nH]1. The second-order valence-corrected chi connectivity index (χ2v) is 5.09. The Morgan fingerprint density at radius 2 is 2.19 bits per heavy atom. The van der Waals surface area contributed by atoms with Crippen LogP contribution in [0, 0.1) is 0 Å². The number of rotatable bonds is 4. The van der Waals surface area contributed by atoms with E-state index >= 15 is 0 Å². The Morgan fingerprint density at radius 1 is 1.33 bits per heavy atom. The maximum atomic E-state index is 11.0. The number of hydrogen-bond acceptors (Lipinski definition) is 2. The number of nitrogens with zero attached hydrogens (tertiary/aromatic N) is 1. The van der Waals surface area contributed by atoms with Crippen LogP contribution in [0.3, 0.4) is 0 Å². The summed E-state index contributed by atoms with van der Waals surface area (Å²) in [7, 11) is 0. The van der Waals surface area contributed by atoms with E-state index in [9.17, 15) is 4.79 Å². The van der Waals surface area contributed by atoms with Gasteiger partial charge in [0.15, 0.2) is 0 Å². The maximum absolute atomic E-state index is 11.0. The lowest BCUT2D eigenvalue weighted by molar-refractivity contribution is 0.0996. The molecule has 0 unspecified atom stereocenters. The minimum atomic E-state index is -0.520. The fourth-order valence-electron chi connectivity index (χ4n) is 2.16.